The lowest BCUT2D eigenvalue weighted by Gasteiger charge is -2.27. The molecular formula is C18H21O5PS. The highest BCUT2D eigenvalue weighted by Gasteiger charge is 2.36. The molecule has 1 aliphatic rings. The van der Waals surface area contributed by atoms with Gasteiger partial charge in [-0.25, -0.2) is 0 Å². The summed E-state index contributed by atoms with van der Waals surface area (Å²) in [5, 5.41) is 1.15. The Morgan fingerprint density at radius 1 is 1.16 bits per heavy atom. The SMILES string of the molecule is COc1ccc(S(=O)(=O)O)cc1-c1cccc2c1P(C(C)(C)C)CO2. The van der Waals surface area contributed by atoms with Crippen molar-refractivity contribution in [2.45, 2.75) is 30.8 Å². The van der Waals surface area contributed by atoms with Gasteiger partial charge >= 0.3 is 0 Å². The van der Waals surface area contributed by atoms with Crippen molar-refractivity contribution in [2.75, 3.05) is 13.5 Å². The summed E-state index contributed by atoms with van der Waals surface area (Å²) >= 11 is 0. The average Bonchev–Trinajstić information content (AvgIpc) is 2.97. The Kier molecular flexibility index (Phi) is 4.56. The van der Waals surface area contributed by atoms with E-state index >= 15 is 0 Å². The summed E-state index contributed by atoms with van der Waals surface area (Å²) in [6.07, 6.45) is 0.644. The summed E-state index contributed by atoms with van der Waals surface area (Å²) in [4.78, 5) is -0.153. The lowest BCUT2D eigenvalue weighted by Crippen LogP contribution is -2.19. The van der Waals surface area contributed by atoms with Gasteiger partial charge in [0.25, 0.3) is 10.1 Å². The molecule has 0 amide bonds. The van der Waals surface area contributed by atoms with Gasteiger partial charge in [-0.15, -0.1) is 0 Å². The average molecular weight is 380 g/mol. The zero-order valence-electron chi connectivity index (χ0n) is 14.6. The Hall–Kier alpha value is -1.62. The number of benzene rings is 2. The summed E-state index contributed by atoms with van der Waals surface area (Å²) in [6.45, 7) is 6.54. The van der Waals surface area contributed by atoms with Crippen molar-refractivity contribution < 1.29 is 22.4 Å². The zero-order chi connectivity index (χ0) is 18.4. The third kappa shape index (κ3) is 3.39. The molecule has 1 aliphatic heterocycles. The van der Waals surface area contributed by atoms with Crippen LogP contribution in [0, 0.1) is 0 Å². The van der Waals surface area contributed by atoms with Crippen LogP contribution in [-0.4, -0.2) is 31.6 Å². The van der Waals surface area contributed by atoms with Crippen molar-refractivity contribution in [3.63, 3.8) is 0 Å². The van der Waals surface area contributed by atoms with Crippen molar-refractivity contribution in [3.05, 3.63) is 36.4 Å². The topological polar surface area (TPSA) is 72.8 Å². The number of rotatable bonds is 3. The fourth-order valence-corrected chi connectivity index (χ4v) is 5.77. The third-order valence-corrected chi connectivity index (χ3v) is 8.04. The summed E-state index contributed by atoms with van der Waals surface area (Å²) in [6, 6.07) is 10.1. The van der Waals surface area contributed by atoms with E-state index in [-0.39, 0.29) is 10.1 Å². The summed E-state index contributed by atoms with van der Waals surface area (Å²) in [5.74, 6) is 1.38. The van der Waals surface area contributed by atoms with Gasteiger partial charge in [0.15, 0.2) is 0 Å². The van der Waals surface area contributed by atoms with E-state index in [0.717, 1.165) is 16.6 Å². The molecule has 1 atom stereocenters. The first-order valence-electron chi connectivity index (χ1n) is 7.82. The lowest BCUT2D eigenvalue weighted by molar-refractivity contribution is 0.400. The maximum atomic E-state index is 11.6. The molecule has 134 valence electrons. The van der Waals surface area contributed by atoms with E-state index in [4.69, 9.17) is 9.47 Å². The van der Waals surface area contributed by atoms with Gasteiger partial charge < -0.3 is 9.47 Å². The Balaban J connectivity index is 2.27. The van der Waals surface area contributed by atoms with Crippen LogP contribution in [0.4, 0.5) is 0 Å². The minimum atomic E-state index is -4.30. The van der Waals surface area contributed by atoms with E-state index in [2.05, 4.69) is 20.8 Å². The highest BCUT2D eigenvalue weighted by molar-refractivity contribution is 7.85. The normalized spacial score (nSPS) is 17.1. The number of hydrogen-bond donors (Lipinski definition) is 1. The van der Waals surface area contributed by atoms with Crippen LogP contribution in [-0.2, 0) is 10.1 Å². The summed E-state index contributed by atoms with van der Waals surface area (Å²) in [7, 11) is -3.35. The van der Waals surface area contributed by atoms with Crippen molar-refractivity contribution >= 4 is 23.3 Å². The second-order valence-electron chi connectivity index (χ2n) is 6.86. The molecule has 0 fully saturated rings. The van der Waals surface area contributed by atoms with Crippen molar-refractivity contribution in [1.82, 2.24) is 0 Å². The molecule has 0 aromatic heterocycles. The van der Waals surface area contributed by atoms with Gasteiger partial charge in [0, 0.05) is 10.9 Å². The first-order valence-corrected chi connectivity index (χ1v) is 10.8. The van der Waals surface area contributed by atoms with Gasteiger partial charge in [-0.1, -0.05) is 32.9 Å². The van der Waals surface area contributed by atoms with Crippen LogP contribution in [0.15, 0.2) is 41.3 Å². The molecule has 0 aliphatic carbocycles. The maximum Gasteiger partial charge on any atom is 0.294 e. The van der Waals surface area contributed by atoms with Crippen molar-refractivity contribution in [1.29, 1.82) is 0 Å². The van der Waals surface area contributed by atoms with E-state index in [1.54, 1.807) is 6.07 Å². The molecule has 5 nitrogen and oxygen atoms in total. The van der Waals surface area contributed by atoms with Gasteiger partial charge in [0.1, 0.15) is 17.8 Å². The van der Waals surface area contributed by atoms with E-state index in [1.165, 1.54) is 19.2 Å². The summed E-state index contributed by atoms with van der Waals surface area (Å²) in [5.41, 5.74) is 1.52. The smallest absolute Gasteiger partial charge is 0.294 e. The monoisotopic (exact) mass is 380 g/mol. The number of methoxy groups -OCH3 is 1. The Labute approximate surface area is 149 Å². The van der Waals surface area contributed by atoms with Crippen LogP contribution in [0.1, 0.15) is 20.8 Å². The molecule has 0 radical (unpaired) electrons. The van der Waals surface area contributed by atoms with Gasteiger partial charge in [-0.3, -0.25) is 4.55 Å². The fraction of sp³-hybridized carbons (Fsp3) is 0.333. The van der Waals surface area contributed by atoms with Crippen LogP contribution in [0.2, 0.25) is 0 Å². The van der Waals surface area contributed by atoms with Gasteiger partial charge in [-0.05, 0) is 42.9 Å². The highest BCUT2D eigenvalue weighted by atomic mass is 32.2. The van der Waals surface area contributed by atoms with E-state index in [9.17, 15) is 13.0 Å². The third-order valence-electron chi connectivity index (χ3n) is 4.19. The van der Waals surface area contributed by atoms with Crippen LogP contribution in [0.5, 0.6) is 11.5 Å². The number of fused-ring (bicyclic) bond motifs is 1. The highest BCUT2D eigenvalue weighted by Crippen LogP contribution is 2.56. The first-order chi connectivity index (χ1) is 11.6. The lowest BCUT2D eigenvalue weighted by atomic mass is 10.0. The molecule has 1 heterocycles. The molecule has 25 heavy (non-hydrogen) atoms. The molecule has 7 heteroatoms. The Morgan fingerprint density at radius 3 is 2.48 bits per heavy atom. The predicted molar refractivity (Wildman–Crippen MR) is 100 cm³/mol. The molecular weight excluding hydrogens is 359 g/mol. The van der Waals surface area contributed by atoms with Crippen molar-refractivity contribution in [2.24, 2.45) is 0 Å². The number of hydrogen-bond acceptors (Lipinski definition) is 4. The molecule has 3 rings (SSSR count). The van der Waals surface area contributed by atoms with E-state index in [1.807, 2.05) is 18.2 Å². The van der Waals surface area contributed by atoms with Gasteiger partial charge in [0.05, 0.1) is 12.0 Å². The minimum Gasteiger partial charge on any atom is -0.496 e. The van der Waals surface area contributed by atoms with Gasteiger partial charge in [0.2, 0.25) is 0 Å². The fourth-order valence-electron chi connectivity index (χ4n) is 2.92. The Morgan fingerprint density at radius 2 is 1.88 bits per heavy atom. The molecule has 2 aromatic carbocycles. The van der Waals surface area contributed by atoms with Crippen LogP contribution < -0.4 is 14.8 Å². The zero-order valence-corrected chi connectivity index (χ0v) is 16.3. The van der Waals surface area contributed by atoms with Crippen molar-refractivity contribution in [3.8, 4) is 22.6 Å². The largest absolute Gasteiger partial charge is 0.496 e. The molecule has 1 N–H and O–H groups in total. The molecule has 0 saturated carbocycles. The second-order valence-corrected chi connectivity index (χ2v) is 11.2. The first kappa shape index (κ1) is 18.2. The predicted octanol–water partition coefficient (Wildman–Crippen LogP) is 3.86. The van der Waals surface area contributed by atoms with Gasteiger partial charge in [-0.2, -0.15) is 8.42 Å². The quantitative estimate of drug-likeness (QED) is 0.647. The standard InChI is InChI=1S/C18H21O5PS/c1-18(2,3)24-11-23-16-7-5-6-13(17(16)24)14-10-12(25(19,20)21)8-9-15(14)22-4/h5-10H,11H2,1-4H3,(H,19,20,21). The molecule has 0 saturated heterocycles. The molecule has 1 unspecified atom stereocenters. The summed E-state index contributed by atoms with van der Waals surface area (Å²) < 4.78 is 43.9. The second kappa shape index (κ2) is 6.27. The molecule has 0 spiro atoms. The Bertz CT molecular complexity index is 916. The van der Waals surface area contributed by atoms with E-state index < -0.39 is 18.0 Å². The molecule has 2 aromatic rings. The van der Waals surface area contributed by atoms with Crippen LogP contribution in [0.25, 0.3) is 11.1 Å². The van der Waals surface area contributed by atoms with E-state index in [0.29, 0.717) is 17.7 Å². The van der Waals surface area contributed by atoms with Crippen LogP contribution in [0.3, 0.4) is 0 Å². The molecule has 0 bridgehead atoms. The minimum absolute atomic E-state index is 0.0462. The van der Waals surface area contributed by atoms with Crippen LogP contribution >= 0.6 is 7.92 Å². The maximum absolute atomic E-state index is 11.6. The number of ether oxygens (including phenoxy) is 2.